The third-order valence-electron chi connectivity index (χ3n) is 15.7. The number of benzene rings is 6. The molecule has 0 N–H and O–H groups in total. The average Bonchev–Trinajstić information content (AvgIpc) is 3.32. The first-order valence-corrected chi connectivity index (χ1v) is 31.8. The van der Waals surface area contributed by atoms with Crippen LogP contribution in [0.3, 0.4) is 0 Å². The van der Waals surface area contributed by atoms with Gasteiger partial charge in [-0.1, -0.05) is 0 Å². The van der Waals surface area contributed by atoms with Crippen LogP contribution in [-0.4, -0.2) is 45.0 Å². The van der Waals surface area contributed by atoms with Crippen molar-refractivity contribution in [2.75, 3.05) is 0 Å². The predicted molar refractivity (Wildman–Crippen MR) is 334 cm³/mol. The van der Waals surface area contributed by atoms with E-state index in [-0.39, 0.29) is 0 Å². The molecule has 392 valence electrons. The van der Waals surface area contributed by atoms with Gasteiger partial charge in [-0.2, -0.15) is 0 Å². The van der Waals surface area contributed by atoms with Crippen molar-refractivity contribution in [2.24, 2.45) is 0 Å². The third-order valence-corrected chi connectivity index (χ3v) is 18.8. The summed E-state index contributed by atoms with van der Waals surface area (Å²) in [5.74, 6) is 5.96. The van der Waals surface area contributed by atoms with Crippen LogP contribution in [0.25, 0.3) is 44.5 Å². The zero-order valence-corrected chi connectivity index (χ0v) is 56.7. The van der Waals surface area contributed by atoms with Gasteiger partial charge in [0.15, 0.2) is 0 Å². The van der Waals surface area contributed by atoms with E-state index in [1.165, 1.54) is 163 Å². The Hall–Kier alpha value is -3.08. The molecule has 6 rings (SSSR count). The number of hydrogen-bond acceptors (Lipinski definition) is 0. The van der Waals surface area contributed by atoms with Crippen molar-refractivity contribution in [3.05, 3.63) is 152 Å². The second-order valence-electron chi connectivity index (χ2n) is 25.6. The molecule has 0 saturated heterocycles. The molecule has 0 unspecified atom stereocenters. The molecule has 0 nitrogen and oxygen atoms in total. The van der Waals surface area contributed by atoms with Gasteiger partial charge in [-0.05, 0) is 0 Å². The maximum atomic E-state index is 2.50. The summed E-state index contributed by atoms with van der Waals surface area (Å²) >= 11 is 2.97. The average molecular weight is 1200 g/mol. The van der Waals surface area contributed by atoms with E-state index in [9.17, 15) is 0 Å². The van der Waals surface area contributed by atoms with Crippen molar-refractivity contribution in [1.82, 2.24) is 0 Å². The summed E-state index contributed by atoms with van der Waals surface area (Å²) < 4.78 is 2.99. The molecule has 0 amide bonds. The first-order valence-electron chi connectivity index (χ1n) is 28.9. The number of rotatable bonds is 16. The summed E-state index contributed by atoms with van der Waals surface area (Å²) in [6.45, 7) is 56.3. The fourth-order valence-corrected chi connectivity index (χ4v) is 13.4. The Kier molecular flexibility index (Phi) is 21.7. The Labute approximate surface area is 481 Å². The summed E-state index contributed by atoms with van der Waals surface area (Å²) in [4.78, 5) is 0. The molecule has 2 heteroatoms. The molecule has 0 bridgehead atoms. The molecule has 4 radical (unpaired) electrons. The third kappa shape index (κ3) is 13.6. The molecule has 0 spiro atoms. The van der Waals surface area contributed by atoms with Crippen LogP contribution in [0.1, 0.15) is 304 Å². The van der Waals surface area contributed by atoms with E-state index in [0.717, 1.165) is 0 Å². The molecule has 0 atom stereocenters. The molecular weight excluding hydrogens is 1100 g/mol. The molecule has 0 aromatic heterocycles. The van der Waals surface area contributed by atoms with Gasteiger partial charge in [-0.3, -0.25) is 0 Å². The van der Waals surface area contributed by atoms with Gasteiger partial charge >= 0.3 is 486 Å². The van der Waals surface area contributed by atoms with Gasteiger partial charge in [0, 0.05) is 0 Å². The maximum absolute atomic E-state index is 2.50. The summed E-state index contributed by atoms with van der Waals surface area (Å²) in [6.07, 6.45) is 0. The molecular formula is C72H98Sn2+2. The molecule has 0 heterocycles. The van der Waals surface area contributed by atoms with Crippen LogP contribution in [0.2, 0.25) is 0 Å². The van der Waals surface area contributed by atoms with Crippen LogP contribution in [0.4, 0.5) is 0 Å². The van der Waals surface area contributed by atoms with E-state index >= 15 is 0 Å². The van der Waals surface area contributed by atoms with Gasteiger partial charge in [-0.15, -0.1) is 0 Å². The fourth-order valence-electron chi connectivity index (χ4n) is 11.0. The Morgan fingerprint density at radius 1 is 0.216 bits per heavy atom. The summed E-state index contributed by atoms with van der Waals surface area (Å²) in [6, 6.07) is 34.2. The zero-order chi connectivity index (χ0) is 55.5. The first-order chi connectivity index (χ1) is 34.5. The molecule has 6 aromatic rings. The summed E-state index contributed by atoms with van der Waals surface area (Å²) in [5.41, 5.74) is 29.6. The van der Waals surface area contributed by atoms with Gasteiger partial charge in [-0.25, -0.2) is 0 Å². The van der Waals surface area contributed by atoms with Crippen LogP contribution in [0.15, 0.2) is 84.9 Å². The SMILES string of the molecule is CC(C)c1cc(C(C)C)c(-c2cccc(-c3c(C(C)C)cc(C(C)C)cc3C(C)C)[c]2[Sn+])c(C(C)C)c1.CC(C)c1cc(C(C)C)c(-c2cccc(-c3c(C(C)C)cc(C(C)C)cc3C(C)C)[c]2[Sn+])c(C(C)C)c1. The minimum atomic E-state index is 0.479. The molecule has 6 aromatic carbocycles. The zero-order valence-electron chi connectivity index (χ0n) is 51.0. The monoisotopic (exact) mass is 1200 g/mol. The van der Waals surface area contributed by atoms with Crippen LogP contribution >= 0.6 is 0 Å². The van der Waals surface area contributed by atoms with Gasteiger partial charge < -0.3 is 0 Å². The molecule has 0 saturated carbocycles. The second-order valence-corrected chi connectivity index (χ2v) is 28.5. The molecule has 74 heavy (non-hydrogen) atoms. The number of hydrogen-bond donors (Lipinski definition) is 0. The minimum absolute atomic E-state index is 0.479. The molecule has 0 fully saturated rings. The quantitative estimate of drug-likeness (QED) is 0.0848. The Balaban J connectivity index is 0.000000274. The first kappa shape index (κ1) is 61.8. The van der Waals surface area contributed by atoms with Crippen LogP contribution in [-0.2, 0) is 0 Å². The van der Waals surface area contributed by atoms with E-state index < -0.39 is 0 Å². The van der Waals surface area contributed by atoms with Crippen molar-refractivity contribution in [2.45, 2.75) is 237 Å². The second kappa shape index (κ2) is 26.0. The van der Waals surface area contributed by atoms with E-state index in [4.69, 9.17) is 0 Å². The van der Waals surface area contributed by atoms with Gasteiger partial charge in [0.05, 0.1) is 0 Å². The van der Waals surface area contributed by atoms with E-state index in [1.807, 2.05) is 0 Å². The predicted octanol–water partition coefficient (Wildman–Crippen LogP) is 21.1. The molecule has 0 aliphatic heterocycles. The van der Waals surface area contributed by atoms with Crippen molar-refractivity contribution < 1.29 is 0 Å². The Morgan fingerprint density at radius 2 is 0.351 bits per heavy atom. The molecule has 0 aliphatic rings. The summed E-state index contributed by atoms with van der Waals surface area (Å²) in [5, 5.41) is 0. The topological polar surface area (TPSA) is 0 Å². The van der Waals surface area contributed by atoms with E-state index in [1.54, 1.807) is 0 Å². The standard InChI is InChI=1S/2C36H49.2Sn/c2*1-21(2)29-17-31(23(5)6)35(32(18-29)24(7)8)27-14-13-15-28(16-27)36-33(25(9)10)19-30(22(3)4)20-34(36)26(11)12;;/h2*13-15,17-26H,1-12H3;;/q;;2*+1. The van der Waals surface area contributed by atoms with Crippen LogP contribution in [0.5, 0.6) is 0 Å². The Bertz CT molecular complexity index is 2370. The van der Waals surface area contributed by atoms with Crippen molar-refractivity contribution in [3.8, 4) is 44.5 Å². The Morgan fingerprint density at radius 3 is 0.459 bits per heavy atom. The van der Waals surface area contributed by atoms with Crippen LogP contribution < -0.4 is 7.16 Å². The van der Waals surface area contributed by atoms with Gasteiger partial charge in [0.25, 0.3) is 0 Å². The van der Waals surface area contributed by atoms with E-state index in [2.05, 4.69) is 251 Å². The molecule has 0 aliphatic carbocycles. The normalized spacial score (nSPS) is 12.3. The van der Waals surface area contributed by atoms with Crippen molar-refractivity contribution >= 4 is 52.2 Å². The van der Waals surface area contributed by atoms with Gasteiger partial charge in [0.2, 0.25) is 0 Å². The van der Waals surface area contributed by atoms with Crippen molar-refractivity contribution in [3.63, 3.8) is 0 Å². The van der Waals surface area contributed by atoms with Crippen LogP contribution in [0, 0.1) is 0 Å². The van der Waals surface area contributed by atoms with E-state index in [0.29, 0.717) is 71.0 Å². The fraction of sp³-hybridized carbons (Fsp3) is 0.500. The van der Waals surface area contributed by atoms with Gasteiger partial charge in [0.1, 0.15) is 0 Å². The summed E-state index contributed by atoms with van der Waals surface area (Å²) in [7, 11) is 0. The van der Waals surface area contributed by atoms with Crippen molar-refractivity contribution in [1.29, 1.82) is 0 Å².